The SMILES string of the molecule is CCCSc1cc(C(=O)Nc2cc(Br)c(O)c(Br)c2)ccn1. The van der Waals surface area contributed by atoms with Crippen LogP contribution in [0.5, 0.6) is 5.75 Å². The minimum atomic E-state index is -0.217. The fraction of sp³-hybridized carbons (Fsp3) is 0.200. The highest BCUT2D eigenvalue weighted by atomic mass is 79.9. The number of phenols is 1. The van der Waals surface area contributed by atoms with Gasteiger partial charge < -0.3 is 10.4 Å². The lowest BCUT2D eigenvalue weighted by Crippen LogP contribution is -2.12. The van der Waals surface area contributed by atoms with Gasteiger partial charge in [-0.1, -0.05) is 6.92 Å². The number of rotatable bonds is 5. The molecule has 0 bridgehead atoms. The van der Waals surface area contributed by atoms with Gasteiger partial charge in [0.05, 0.1) is 14.0 Å². The number of phenolic OH excluding ortho intramolecular Hbond substituents is 1. The van der Waals surface area contributed by atoms with Gasteiger partial charge in [-0.25, -0.2) is 4.98 Å². The van der Waals surface area contributed by atoms with E-state index in [0.717, 1.165) is 17.2 Å². The van der Waals surface area contributed by atoms with Crippen molar-refractivity contribution in [2.45, 2.75) is 18.4 Å². The molecule has 0 spiro atoms. The number of carbonyl (C=O) groups is 1. The van der Waals surface area contributed by atoms with Crippen LogP contribution in [0, 0.1) is 0 Å². The van der Waals surface area contributed by atoms with Gasteiger partial charge in [0.1, 0.15) is 5.75 Å². The molecule has 0 aliphatic rings. The summed E-state index contributed by atoms with van der Waals surface area (Å²) in [6, 6.07) is 6.74. The van der Waals surface area contributed by atoms with Crippen LogP contribution in [-0.2, 0) is 0 Å². The van der Waals surface area contributed by atoms with Crippen molar-refractivity contribution in [1.82, 2.24) is 4.98 Å². The summed E-state index contributed by atoms with van der Waals surface area (Å²) in [5, 5.41) is 13.3. The number of hydrogen-bond donors (Lipinski definition) is 2. The summed E-state index contributed by atoms with van der Waals surface area (Å²) in [7, 11) is 0. The number of carbonyl (C=O) groups excluding carboxylic acids is 1. The van der Waals surface area contributed by atoms with Crippen molar-refractivity contribution in [3.05, 3.63) is 45.0 Å². The average Bonchev–Trinajstić information content (AvgIpc) is 2.50. The molecule has 0 atom stereocenters. The predicted octanol–water partition coefficient (Wildman–Crippen LogP) is 5.07. The summed E-state index contributed by atoms with van der Waals surface area (Å²) >= 11 is 8.10. The number of hydrogen-bond acceptors (Lipinski definition) is 4. The molecule has 4 nitrogen and oxygen atoms in total. The van der Waals surface area contributed by atoms with Crippen molar-refractivity contribution in [2.75, 3.05) is 11.1 Å². The second-order valence-electron chi connectivity index (χ2n) is 4.47. The molecule has 0 saturated carbocycles. The fourth-order valence-corrected chi connectivity index (χ4v) is 3.62. The Bertz CT molecular complexity index is 672. The molecule has 1 aromatic heterocycles. The molecule has 1 aromatic carbocycles. The van der Waals surface area contributed by atoms with Gasteiger partial charge in [-0.2, -0.15) is 0 Å². The predicted molar refractivity (Wildman–Crippen MR) is 96.7 cm³/mol. The quantitative estimate of drug-likeness (QED) is 0.498. The van der Waals surface area contributed by atoms with Crippen LogP contribution in [0.15, 0.2) is 44.4 Å². The van der Waals surface area contributed by atoms with Crippen LogP contribution in [-0.4, -0.2) is 21.8 Å². The molecule has 0 aliphatic heterocycles. The molecule has 2 N–H and O–H groups in total. The summed E-state index contributed by atoms with van der Waals surface area (Å²) in [6.07, 6.45) is 2.69. The van der Waals surface area contributed by atoms with E-state index in [0.29, 0.717) is 20.2 Å². The smallest absolute Gasteiger partial charge is 0.255 e. The zero-order valence-corrected chi connectivity index (χ0v) is 15.8. The van der Waals surface area contributed by atoms with Crippen molar-refractivity contribution in [1.29, 1.82) is 0 Å². The highest BCUT2D eigenvalue weighted by Gasteiger charge is 2.11. The van der Waals surface area contributed by atoms with Crippen molar-refractivity contribution >= 4 is 55.2 Å². The second-order valence-corrected chi connectivity index (χ2v) is 7.30. The third-order valence-corrected chi connectivity index (χ3v) is 5.07. The third-order valence-electron chi connectivity index (χ3n) is 2.73. The van der Waals surface area contributed by atoms with E-state index in [2.05, 4.69) is 49.1 Å². The first-order chi connectivity index (χ1) is 10.5. The fourth-order valence-electron chi connectivity index (χ4n) is 1.68. The Morgan fingerprint density at radius 3 is 2.64 bits per heavy atom. The summed E-state index contributed by atoms with van der Waals surface area (Å²) in [4.78, 5) is 16.5. The van der Waals surface area contributed by atoms with Crippen molar-refractivity contribution in [3.8, 4) is 5.75 Å². The lowest BCUT2D eigenvalue weighted by Gasteiger charge is -2.09. The van der Waals surface area contributed by atoms with Crippen LogP contribution in [0.1, 0.15) is 23.7 Å². The van der Waals surface area contributed by atoms with Crippen LogP contribution in [0.3, 0.4) is 0 Å². The van der Waals surface area contributed by atoms with Gasteiger partial charge >= 0.3 is 0 Å². The number of nitrogens with one attached hydrogen (secondary N) is 1. The van der Waals surface area contributed by atoms with Gasteiger partial charge in [0, 0.05) is 17.4 Å². The Kier molecular flexibility index (Phi) is 6.28. The molecule has 1 heterocycles. The van der Waals surface area contributed by atoms with Gasteiger partial charge in [-0.15, -0.1) is 11.8 Å². The summed E-state index contributed by atoms with van der Waals surface area (Å²) < 4.78 is 1.01. The highest BCUT2D eigenvalue weighted by Crippen LogP contribution is 2.35. The Balaban J connectivity index is 2.15. The van der Waals surface area contributed by atoms with Gasteiger partial charge in [0.15, 0.2) is 0 Å². The van der Waals surface area contributed by atoms with Gasteiger partial charge in [0.25, 0.3) is 5.91 Å². The topological polar surface area (TPSA) is 62.2 Å². The van der Waals surface area contributed by atoms with Gasteiger partial charge in [-0.3, -0.25) is 4.79 Å². The molecule has 116 valence electrons. The maximum absolute atomic E-state index is 12.3. The number of aromatic nitrogens is 1. The standard InChI is InChI=1S/C15H14Br2N2O2S/c1-2-5-22-13-6-9(3-4-18-13)15(21)19-10-7-11(16)14(20)12(17)8-10/h3-4,6-8,20H,2,5H2,1H3,(H,19,21). The van der Waals surface area contributed by atoms with E-state index >= 15 is 0 Å². The van der Waals surface area contributed by atoms with Crippen molar-refractivity contribution < 1.29 is 9.90 Å². The van der Waals surface area contributed by atoms with E-state index < -0.39 is 0 Å². The molecular formula is C15H14Br2N2O2S. The molecule has 0 saturated heterocycles. The van der Waals surface area contributed by atoms with Crippen LogP contribution >= 0.6 is 43.6 Å². The number of amides is 1. The van der Waals surface area contributed by atoms with E-state index in [-0.39, 0.29) is 11.7 Å². The molecule has 7 heteroatoms. The number of thioether (sulfide) groups is 1. The first-order valence-electron chi connectivity index (χ1n) is 6.59. The average molecular weight is 446 g/mol. The lowest BCUT2D eigenvalue weighted by atomic mass is 10.2. The third kappa shape index (κ3) is 4.47. The minimum Gasteiger partial charge on any atom is -0.506 e. The van der Waals surface area contributed by atoms with Crippen molar-refractivity contribution in [2.24, 2.45) is 0 Å². The Morgan fingerprint density at radius 2 is 2.00 bits per heavy atom. The summed E-state index contributed by atoms with van der Waals surface area (Å²) in [5.74, 6) is 0.848. The van der Waals surface area contributed by atoms with E-state index in [1.54, 1.807) is 42.2 Å². The van der Waals surface area contributed by atoms with E-state index in [4.69, 9.17) is 0 Å². The molecule has 0 aliphatic carbocycles. The second kappa shape index (κ2) is 7.99. The molecule has 0 unspecified atom stereocenters. The molecule has 2 aromatic rings. The minimum absolute atomic E-state index is 0.0974. The zero-order chi connectivity index (χ0) is 16.1. The largest absolute Gasteiger partial charge is 0.506 e. The Labute approximate surface area is 150 Å². The maximum Gasteiger partial charge on any atom is 0.255 e. The number of aromatic hydroxyl groups is 1. The Hall–Kier alpha value is -1.05. The van der Waals surface area contributed by atoms with Crippen LogP contribution < -0.4 is 5.32 Å². The molecule has 22 heavy (non-hydrogen) atoms. The first kappa shape index (κ1) is 17.3. The number of anilines is 1. The monoisotopic (exact) mass is 444 g/mol. The summed E-state index contributed by atoms with van der Waals surface area (Å²) in [5.41, 5.74) is 1.13. The number of halogens is 2. The summed E-state index contributed by atoms with van der Waals surface area (Å²) in [6.45, 7) is 2.10. The number of nitrogens with zero attached hydrogens (tertiary/aromatic N) is 1. The molecule has 0 fully saturated rings. The maximum atomic E-state index is 12.3. The van der Waals surface area contributed by atoms with Gasteiger partial charge in [-0.05, 0) is 68.3 Å². The molecule has 0 radical (unpaired) electrons. The van der Waals surface area contributed by atoms with Crippen LogP contribution in [0.2, 0.25) is 0 Å². The van der Waals surface area contributed by atoms with E-state index in [1.165, 1.54) is 0 Å². The lowest BCUT2D eigenvalue weighted by molar-refractivity contribution is 0.102. The van der Waals surface area contributed by atoms with Crippen LogP contribution in [0.25, 0.3) is 0 Å². The zero-order valence-electron chi connectivity index (χ0n) is 11.8. The van der Waals surface area contributed by atoms with Crippen LogP contribution in [0.4, 0.5) is 5.69 Å². The van der Waals surface area contributed by atoms with Crippen molar-refractivity contribution in [3.63, 3.8) is 0 Å². The normalized spacial score (nSPS) is 10.5. The Morgan fingerprint density at radius 1 is 1.32 bits per heavy atom. The molecule has 1 amide bonds. The first-order valence-corrected chi connectivity index (χ1v) is 9.16. The highest BCUT2D eigenvalue weighted by molar-refractivity contribution is 9.11. The number of benzene rings is 1. The van der Waals surface area contributed by atoms with E-state index in [1.807, 2.05) is 0 Å². The van der Waals surface area contributed by atoms with E-state index in [9.17, 15) is 9.90 Å². The molecular weight excluding hydrogens is 432 g/mol. The molecule has 2 rings (SSSR count). The number of pyridine rings is 1. The van der Waals surface area contributed by atoms with Gasteiger partial charge in [0.2, 0.25) is 0 Å².